The number of carbonyl (C=O) groups excluding carboxylic acids is 2. The molecule has 0 unspecified atom stereocenters. The van der Waals surface area contributed by atoms with Crippen molar-refractivity contribution in [3.8, 4) is 0 Å². The van der Waals surface area contributed by atoms with Crippen LogP contribution in [0.3, 0.4) is 0 Å². The summed E-state index contributed by atoms with van der Waals surface area (Å²) in [4.78, 5) is 32.4. The minimum absolute atomic E-state index is 0.00993. The Bertz CT molecular complexity index is 1080. The lowest BCUT2D eigenvalue weighted by Gasteiger charge is -2.71. The van der Waals surface area contributed by atoms with E-state index in [2.05, 4.69) is 54.5 Å². The van der Waals surface area contributed by atoms with Gasteiger partial charge in [-0.15, -0.1) is 0 Å². The van der Waals surface area contributed by atoms with E-state index in [0.717, 1.165) is 44.9 Å². The van der Waals surface area contributed by atoms with Crippen molar-refractivity contribution < 1.29 is 29.7 Å². The third-order valence-corrected chi connectivity index (χ3v) is 13.9. The SMILES string of the molecule is CC(=O)C(C)=O.C[C@H]1[C@H](C)CC[C@]2(C(=O)O)CC[C@]3(C)C(=CC[C@@H]4[C@@]5(C)C[C@@H](O)[C@H](O)C(C)(C)[C@@H]5CC[C@]43C)[C@H]12. The first-order chi connectivity index (χ1) is 18.3. The number of Topliss-reactive ketones (excluding diaryl/α,β-unsaturated/α-hetero) is 2. The summed E-state index contributed by atoms with van der Waals surface area (Å²) in [6.45, 7) is 18.8. The molecule has 11 atom stereocenters. The molecule has 0 aromatic rings. The Hall–Kier alpha value is -1.53. The predicted octanol–water partition coefficient (Wildman–Crippen LogP) is 6.22. The predicted molar refractivity (Wildman–Crippen MR) is 155 cm³/mol. The van der Waals surface area contributed by atoms with Gasteiger partial charge in [0.1, 0.15) is 0 Å². The van der Waals surface area contributed by atoms with Gasteiger partial charge < -0.3 is 15.3 Å². The van der Waals surface area contributed by atoms with Crippen molar-refractivity contribution >= 4 is 17.5 Å². The normalized spacial score (nSPS) is 49.0. The molecule has 0 aromatic heterocycles. The standard InChI is InChI=1S/C30H48O4.C4H6O2/c1-17-10-13-30(25(33)34)15-14-28(6)19(23(30)18(17)2)8-9-22-27(5)16-20(31)24(32)26(3,4)21(27)11-12-29(22,28)7;1-3(5)4(2)6/h8,17-18,20-24,31-32H,9-16H2,1-7H3,(H,33,34);1-2H3/t17-,18+,20-,21+,22-,23+,24+,27+,28-,29-,30+;/m1./s1. The maximum absolute atomic E-state index is 12.8. The lowest BCUT2D eigenvalue weighted by molar-refractivity contribution is -0.232. The molecular formula is C34H54O6. The summed E-state index contributed by atoms with van der Waals surface area (Å²) in [7, 11) is 0. The van der Waals surface area contributed by atoms with E-state index in [1.165, 1.54) is 19.4 Å². The zero-order valence-electron chi connectivity index (χ0n) is 26.3. The third kappa shape index (κ3) is 4.20. The highest BCUT2D eigenvalue weighted by atomic mass is 16.4. The number of carboxylic acids is 1. The fourth-order valence-corrected chi connectivity index (χ4v) is 11.0. The van der Waals surface area contributed by atoms with Crippen molar-refractivity contribution in [2.75, 3.05) is 0 Å². The van der Waals surface area contributed by atoms with Crippen LogP contribution in [-0.4, -0.2) is 45.1 Å². The number of ketones is 2. The van der Waals surface area contributed by atoms with Gasteiger partial charge in [0, 0.05) is 13.8 Å². The van der Waals surface area contributed by atoms with E-state index in [1.807, 2.05) is 0 Å². The number of hydrogen-bond acceptors (Lipinski definition) is 5. The Labute approximate surface area is 241 Å². The number of carbonyl (C=O) groups is 3. The Morgan fingerprint density at radius 2 is 1.45 bits per heavy atom. The van der Waals surface area contributed by atoms with Crippen LogP contribution in [0.2, 0.25) is 0 Å². The Morgan fingerprint density at radius 3 is 2.00 bits per heavy atom. The zero-order valence-corrected chi connectivity index (χ0v) is 26.3. The van der Waals surface area contributed by atoms with Gasteiger partial charge in [-0.1, -0.05) is 60.1 Å². The van der Waals surface area contributed by atoms with Crippen LogP contribution < -0.4 is 0 Å². The zero-order chi connectivity index (χ0) is 30.2. The van der Waals surface area contributed by atoms with Crippen molar-refractivity contribution in [1.29, 1.82) is 0 Å². The van der Waals surface area contributed by atoms with E-state index in [-0.39, 0.29) is 39.1 Å². The summed E-state index contributed by atoms with van der Waals surface area (Å²) in [5.41, 5.74) is 0.574. The molecule has 40 heavy (non-hydrogen) atoms. The molecule has 0 radical (unpaired) electrons. The van der Waals surface area contributed by atoms with E-state index in [4.69, 9.17) is 0 Å². The van der Waals surface area contributed by atoms with E-state index in [1.54, 1.807) is 0 Å². The molecule has 6 heteroatoms. The number of hydrogen-bond donors (Lipinski definition) is 3. The van der Waals surface area contributed by atoms with Gasteiger partial charge in [-0.25, -0.2) is 0 Å². The number of allylic oxidation sites excluding steroid dienone is 2. The minimum atomic E-state index is -0.679. The number of fused-ring (bicyclic) bond motifs is 7. The smallest absolute Gasteiger partial charge is 0.310 e. The molecule has 0 aliphatic heterocycles. The highest BCUT2D eigenvalue weighted by Gasteiger charge is 2.70. The van der Waals surface area contributed by atoms with Crippen LogP contribution in [0.15, 0.2) is 11.6 Å². The van der Waals surface area contributed by atoms with Crippen molar-refractivity contribution in [3.63, 3.8) is 0 Å². The second-order valence-corrected chi connectivity index (χ2v) is 15.8. The van der Waals surface area contributed by atoms with Gasteiger partial charge in [0.05, 0.1) is 17.6 Å². The second-order valence-electron chi connectivity index (χ2n) is 15.8. The molecule has 0 heterocycles. The molecule has 0 saturated heterocycles. The molecule has 0 bridgehead atoms. The Morgan fingerprint density at radius 1 is 0.850 bits per heavy atom. The molecule has 4 saturated carbocycles. The molecule has 226 valence electrons. The first-order valence-electron chi connectivity index (χ1n) is 15.6. The summed E-state index contributed by atoms with van der Waals surface area (Å²) in [5.74, 6) is 0.542. The van der Waals surface area contributed by atoms with Gasteiger partial charge in [-0.2, -0.15) is 0 Å². The van der Waals surface area contributed by atoms with E-state index in [0.29, 0.717) is 30.1 Å². The van der Waals surface area contributed by atoms with Gasteiger partial charge in [0.2, 0.25) is 0 Å². The molecule has 5 aliphatic carbocycles. The summed E-state index contributed by atoms with van der Waals surface area (Å²) in [6.07, 6.45) is 8.53. The first kappa shape index (κ1) is 31.4. The summed E-state index contributed by atoms with van der Waals surface area (Å²) < 4.78 is 0. The lowest BCUT2D eigenvalue weighted by atomic mass is 9.33. The number of aliphatic hydroxyl groups is 2. The average Bonchev–Trinajstić information content (AvgIpc) is 2.85. The monoisotopic (exact) mass is 558 g/mol. The number of carboxylic acid groups (broad SMARTS) is 1. The van der Waals surface area contributed by atoms with Crippen LogP contribution in [0.5, 0.6) is 0 Å². The highest BCUT2D eigenvalue weighted by Crippen LogP contribution is 2.75. The molecule has 4 fully saturated rings. The average molecular weight is 559 g/mol. The lowest BCUT2D eigenvalue weighted by Crippen LogP contribution is -2.67. The van der Waals surface area contributed by atoms with Gasteiger partial charge in [-0.05, 0) is 103 Å². The molecule has 0 spiro atoms. The topological polar surface area (TPSA) is 112 Å². The van der Waals surface area contributed by atoms with Crippen LogP contribution in [0.1, 0.15) is 114 Å². The summed E-state index contributed by atoms with van der Waals surface area (Å²) in [5, 5.41) is 32.4. The third-order valence-electron chi connectivity index (χ3n) is 13.9. The summed E-state index contributed by atoms with van der Waals surface area (Å²) in [6, 6.07) is 0. The maximum Gasteiger partial charge on any atom is 0.310 e. The van der Waals surface area contributed by atoms with Crippen molar-refractivity contribution in [2.45, 2.75) is 126 Å². The van der Waals surface area contributed by atoms with Crippen LogP contribution in [-0.2, 0) is 14.4 Å². The number of aliphatic hydroxyl groups excluding tert-OH is 2. The Balaban J connectivity index is 0.000000557. The fourth-order valence-electron chi connectivity index (χ4n) is 11.0. The number of aliphatic carboxylic acids is 1. The summed E-state index contributed by atoms with van der Waals surface area (Å²) >= 11 is 0. The van der Waals surface area contributed by atoms with Crippen LogP contribution >= 0.6 is 0 Å². The quantitative estimate of drug-likeness (QED) is 0.274. The molecule has 5 rings (SSSR count). The highest BCUT2D eigenvalue weighted by molar-refractivity contribution is 6.35. The van der Waals surface area contributed by atoms with Crippen LogP contribution in [0.4, 0.5) is 0 Å². The Kier molecular flexibility index (Phi) is 7.88. The number of rotatable bonds is 2. The van der Waals surface area contributed by atoms with Crippen LogP contribution in [0, 0.1) is 56.7 Å². The minimum Gasteiger partial charge on any atom is -0.481 e. The van der Waals surface area contributed by atoms with Gasteiger partial charge >= 0.3 is 5.97 Å². The molecule has 3 N–H and O–H groups in total. The largest absolute Gasteiger partial charge is 0.481 e. The molecule has 5 aliphatic rings. The molecule has 0 amide bonds. The van der Waals surface area contributed by atoms with Crippen molar-refractivity contribution in [3.05, 3.63) is 11.6 Å². The maximum atomic E-state index is 12.8. The van der Waals surface area contributed by atoms with Gasteiger partial charge in [0.25, 0.3) is 0 Å². The van der Waals surface area contributed by atoms with E-state index >= 15 is 0 Å². The van der Waals surface area contributed by atoms with Gasteiger partial charge in [-0.3, -0.25) is 14.4 Å². The first-order valence-corrected chi connectivity index (χ1v) is 15.6. The van der Waals surface area contributed by atoms with Gasteiger partial charge in [0.15, 0.2) is 11.6 Å². The van der Waals surface area contributed by atoms with E-state index in [9.17, 15) is 29.7 Å². The molecule has 0 aromatic carbocycles. The molecular weight excluding hydrogens is 504 g/mol. The van der Waals surface area contributed by atoms with Crippen LogP contribution in [0.25, 0.3) is 0 Å². The molecule has 6 nitrogen and oxygen atoms in total. The van der Waals surface area contributed by atoms with Crippen molar-refractivity contribution in [1.82, 2.24) is 0 Å². The second kappa shape index (κ2) is 10.0. The van der Waals surface area contributed by atoms with E-state index < -0.39 is 23.6 Å². The fraction of sp³-hybridized carbons (Fsp3) is 0.853. The van der Waals surface area contributed by atoms with Crippen molar-refractivity contribution in [2.24, 2.45) is 56.7 Å².